The SMILES string of the molecule is Cc1ccc(-c2c(Br)c(I)c(C)c(I)c2N=Cc2ccccc2O)c(Br)c1. The second-order valence-electron chi connectivity index (χ2n) is 6.09. The normalized spacial score (nSPS) is 11.3. The van der Waals surface area contributed by atoms with Crippen LogP contribution >= 0.6 is 77.0 Å². The fraction of sp³-hybridized carbons (Fsp3) is 0.0952. The number of aryl methyl sites for hydroxylation is 1. The number of benzene rings is 3. The summed E-state index contributed by atoms with van der Waals surface area (Å²) in [6.07, 6.45) is 1.72. The van der Waals surface area contributed by atoms with Crippen molar-refractivity contribution in [3.05, 3.63) is 75.2 Å². The summed E-state index contributed by atoms with van der Waals surface area (Å²) in [5.74, 6) is 0.218. The van der Waals surface area contributed by atoms with Gasteiger partial charge in [0.15, 0.2) is 0 Å². The van der Waals surface area contributed by atoms with Crippen LogP contribution in [0.5, 0.6) is 5.75 Å². The summed E-state index contributed by atoms with van der Waals surface area (Å²) in [5, 5.41) is 10.1. The van der Waals surface area contributed by atoms with Gasteiger partial charge in [-0.25, -0.2) is 0 Å². The molecule has 0 amide bonds. The van der Waals surface area contributed by atoms with Crippen molar-refractivity contribution >= 4 is 88.9 Å². The highest BCUT2D eigenvalue weighted by atomic mass is 127. The maximum Gasteiger partial charge on any atom is 0.124 e. The molecule has 3 rings (SSSR count). The van der Waals surface area contributed by atoms with Crippen LogP contribution in [0, 0.1) is 21.0 Å². The molecule has 0 radical (unpaired) electrons. The molecule has 0 atom stereocenters. The van der Waals surface area contributed by atoms with Crippen molar-refractivity contribution in [1.82, 2.24) is 0 Å². The van der Waals surface area contributed by atoms with E-state index in [-0.39, 0.29) is 5.75 Å². The van der Waals surface area contributed by atoms with Gasteiger partial charge in [0.2, 0.25) is 0 Å². The lowest BCUT2D eigenvalue weighted by Gasteiger charge is -2.17. The Morgan fingerprint density at radius 2 is 1.70 bits per heavy atom. The standard InChI is InChI=1S/C21H15Br2I2NO/c1-11-7-8-14(15(22)9-11)17-18(23)19(24)12(2)20(25)21(17)26-10-13-5-3-4-6-16(13)27/h3-10,27H,1-2H3. The van der Waals surface area contributed by atoms with Crippen molar-refractivity contribution in [3.63, 3.8) is 0 Å². The number of rotatable bonds is 3. The van der Waals surface area contributed by atoms with Gasteiger partial charge in [0.05, 0.1) is 5.69 Å². The van der Waals surface area contributed by atoms with E-state index in [2.05, 4.69) is 109 Å². The van der Waals surface area contributed by atoms with Gasteiger partial charge in [-0.1, -0.05) is 40.2 Å². The minimum atomic E-state index is 0.218. The van der Waals surface area contributed by atoms with Crippen molar-refractivity contribution < 1.29 is 5.11 Å². The van der Waals surface area contributed by atoms with Gasteiger partial charge in [0.1, 0.15) is 5.75 Å². The van der Waals surface area contributed by atoms with Crippen molar-refractivity contribution in [3.8, 4) is 16.9 Å². The number of hydrogen-bond donors (Lipinski definition) is 1. The number of phenolic OH excluding ortho intramolecular Hbond substituents is 1. The quantitative estimate of drug-likeness (QED) is 0.166. The Hall–Kier alpha value is -0.450. The third-order valence-corrected chi connectivity index (χ3v) is 9.04. The first-order chi connectivity index (χ1) is 12.8. The highest BCUT2D eigenvalue weighted by molar-refractivity contribution is 14.1. The van der Waals surface area contributed by atoms with Crippen LogP contribution < -0.4 is 0 Å². The Kier molecular flexibility index (Phi) is 7.02. The molecule has 0 aliphatic rings. The summed E-state index contributed by atoms with van der Waals surface area (Å²) in [5.41, 5.74) is 6.06. The fourth-order valence-corrected chi connectivity index (χ4v) is 5.81. The average molecular weight is 711 g/mol. The van der Waals surface area contributed by atoms with E-state index in [1.165, 1.54) is 14.7 Å². The number of aliphatic imine (C=N–C) groups is 1. The molecule has 0 aliphatic carbocycles. The van der Waals surface area contributed by atoms with Gasteiger partial charge < -0.3 is 5.11 Å². The smallest absolute Gasteiger partial charge is 0.124 e. The molecule has 27 heavy (non-hydrogen) atoms. The van der Waals surface area contributed by atoms with Crippen molar-refractivity contribution in [2.24, 2.45) is 4.99 Å². The summed E-state index contributed by atoms with van der Waals surface area (Å²) in [6.45, 7) is 4.17. The molecule has 1 N–H and O–H groups in total. The first kappa shape index (κ1) is 21.3. The van der Waals surface area contributed by atoms with Crippen molar-refractivity contribution in [2.45, 2.75) is 13.8 Å². The van der Waals surface area contributed by atoms with Crippen LogP contribution in [-0.4, -0.2) is 11.3 Å². The summed E-state index contributed by atoms with van der Waals surface area (Å²) in [4.78, 5) is 4.79. The van der Waals surface area contributed by atoms with Gasteiger partial charge in [-0.3, -0.25) is 4.99 Å². The van der Waals surface area contributed by atoms with E-state index in [1.54, 1.807) is 18.3 Å². The zero-order chi connectivity index (χ0) is 19.7. The lowest BCUT2D eigenvalue weighted by molar-refractivity contribution is 0.474. The van der Waals surface area contributed by atoms with E-state index in [9.17, 15) is 5.11 Å². The molecule has 3 aromatic rings. The Bertz CT molecular complexity index is 1060. The van der Waals surface area contributed by atoms with E-state index in [1.807, 2.05) is 12.1 Å². The first-order valence-electron chi connectivity index (χ1n) is 8.07. The molecule has 0 bridgehead atoms. The number of hydrogen-bond acceptors (Lipinski definition) is 2. The molecule has 0 fully saturated rings. The topological polar surface area (TPSA) is 32.6 Å². The van der Waals surface area contributed by atoms with Crippen molar-refractivity contribution in [2.75, 3.05) is 0 Å². The van der Waals surface area contributed by atoms with Crippen LogP contribution in [-0.2, 0) is 0 Å². The molecule has 138 valence electrons. The zero-order valence-corrected chi connectivity index (χ0v) is 22.0. The number of phenols is 1. The first-order valence-corrected chi connectivity index (χ1v) is 11.8. The van der Waals surface area contributed by atoms with Crippen LogP contribution in [0.4, 0.5) is 5.69 Å². The summed E-state index contributed by atoms with van der Waals surface area (Å²) < 4.78 is 4.31. The van der Waals surface area contributed by atoms with Crippen LogP contribution in [0.15, 0.2) is 56.4 Å². The molecule has 0 saturated carbocycles. The zero-order valence-electron chi connectivity index (χ0n) is 14.5. The van der Waals surface area contributed by atoms with Gasteiger partial charge in [-0.05, 0) is 110 Å². The molecule has 0 heterocycles. The van der Waals surface area contributed by atoms with Gasteiger partial charge in [0, 0.05) is 33.4 Å². The molecule has 0 saturated heterocycles. The molecular weight excluding hydrogens is 696 g/mol. The lowest BCUT2D eigenvalue weighted by atomic mass is 10.0. The minimum Gasteiger partial charge on any atom is -0.507 e. The predicted octanol–water partition coefficient (Wildman–Crippen LogP) is 8.16. The predicted molar refractivity (Wildman–Crippen MR) is 138 cm³/mol. The van der Waals surface area contributed by atoms with E-state index in [0.717, 1.165) is 29.3 Å². The Morgan fingerprint density at radius 1 is 1.00 bits per heavy atom. The molecule has 0 aromatic heterocycles. The Balaban J connectivity index is 2.28. The largest absolute Gasteiger partial charge is 0.507 e. The van der Waals surface area contributed by atoms with Crippen molar-refractivity contribution in [1.29, 1.82) is 0 Å². The van der Waals surface area contributed by atoms with E-state index < -0.39 is 0 Å². The molecule has 0 aliphatic heterocycles. The van der Waals surface area contributed by atoms with E-state index >= 15 is 0 Å². The molecule has 2 nitrogen and oxygen atoms in total. The highest BCUT2D eigenvalue weighted by Crippen LogP contribution is 2.46. The third kappa shape index (κ3) is 4.43. The number of aromatic hydroxyl groups is 1. The maximum atomic E-state index is 10.1. The van der Waals surface area contributed by atoms with Gasteiger partial charge in [0.25, 0.3) is 0 Å². The molecule has 6 heteroatoms. The second-order valence-corrected chi connectivity index (χ2v) is 9.90. The van der Waals surface area contributed by atoms with Gasteiger partial charge in [-0.15, -0.1) is 0 Å². The number of para-hydroxylation sites is 1. The lowest BCUT2D eigenvalue weighted by Crippen LogP contribution is -1.95. The van der Waals surface area contributed by atoms with Crippen LogP contribution in [0.1, 0.15) is 16.7 Å². The highest BCUT2D eigenvalue weighted by Gasteiger charge is 2.20. The average Bonchev–Trinajstić information content (AvgIpc) is 2.64. The van der Waals surface area contributed by atoms with Gasteiger partial charge >= 0.3 is 0 Å². The van der Waals surface area contributed by atoms with Crippen LogP contribution in [0.3, 0.4) is 0 Å². The molecule has 0 spiro atoms. The Morgan fingerprint density at radius 3 is 2.37 bits per heavy atom. The molecule has 0 unspecified atom stereocenters. The number of nitrogens with zero attached hydrogens (tertiary/aromatic N) is 1. The summed E-state index contributed by atoms with van der Waals surface area (Å²) in [6, 6.07) is 13.5. The van der Waals surface area contributed by atoms with Crippen LogP contribution in [0.25, 0.3) is 11.1 Å². The fourth-order valence-electron chi connectivity index (χ4n) is 2.68. The molecule has 3 aromatic carbocycles. The number of halogens is 4. The van der Waals surface area contributed by atoms with E-state index in [0.29, 0.717) is 5.56 Å². The maximum absolute atomic E-state index is 10.1. The second kappa shape index (κ2) is 8.92. The minimum absolute atomic E-state index is 0.218. The monoisotopic (exact) mass is 709 g/mol. The van der Waals surface area contributed by atoms with E-state index in [4.69, 9.17) is 4.99 Å². The van der Waals surface area contributed by atoms with Crippen LogP contribution in [0.2, 0.25) is 0 Å². The third-order valence-electron chi connectivity index (χ3n) is 4.18. The molecular formula is C21H15Br2I2NO. The Labute approximate surface area is 203 Å². The summed E-state index contributed by atoms with van der Waals surface area (Å²) in [7, 11) is 0. The summed E-state index contributed by atoms with van der Waals surface area (Å²) >= 11 is 12.2. The van der Waals surface area contributed by atoms with Gasteiger partial charge in [-0.2, -0.15) is 0 Å².